The van der Waals surface area contributed by atoms with Crippen LogP contribution in [-0.4, -0.2) is 5.92 Å². The molecule has 0 saturated carbocycles. The van der Waals surface area contributed by atoms with Gasteiger partial charge in [0.2, 0.25) is 0 Å². The summed E-state index contributed by atoms with van der Waals surface area (Å²) in [7, 11) is 0. The van der Waals surface area contributed by atoms with E-state index in [4.69, 9.17) is 0 Å². The monoisotopic (exact) mass is 727 g/mol. The third-order valence-corrected chi connectivity index (χ3v) is 33.2. The normalized spacial score (nSPS) is 17.9. The second-order valence-electron chi connectivity index (χ2n) is 14.9. The number of rotatable bonds is 13. The first-order chi connectivity index (χ1) is 23.3. The first-order valence-electron chi connectivity index (χ1n) is 19.1. The standard InChI is InChI=1S/2C22H25.C2H7Si.Zr/c2*1-4-9-17-14-18-10-8-13-21(22(18)15-17)20-12-7-6-11-19(20)16(3)5-2;1-3-2;/h2*6-8,10-16H,4-5,9H2,1-3H3;3H,1-2H3;. The van der Waals surface area contributed by atoms with Crippen LogP contribution in [0.15, 0.2) is 96.1 Å². The van der Waals surface area contributed by atoms with Crippen LogP contribution in [-0.2, 0) is 20.9 Å². The Hall–Kier alpha value is -2.54. The second-order valence-corrected chi connectivity index (χ2v) is 34.9. The molecule has 4 unspecified atom stereocenters. The average Bonchev–Trinajstić information content (AvgIpc) is 3.66. The van der Waals surface area contributed by atoms with E-state index in [0.29, 0.717) is 19.1 Å². The Labute approximate surface area is 301 Å². The second kappa shape index (κ2) is 15.6. The third kappa shape index (κ3) is 6.54. The SMILES string of the molecule is CCCC1=Cc2c(-c3ccccc3C(C)CC)cccc2[CH]1[Zr]([CH]1C(CCC)=Cc2c(-c3ccccc3C(C)CC)cccc21)[SiH](C)C. The van der Waals surface area contributed by atoms with E-state index in [-0.39, 0.29) is 0 Å². The third-order valence-electron chi connectivity index (χ3n) is 11.5. The van der Waals surface area contributed by atoms with Crippen LogP contribution in [0, 0.1) is 0 Å². The Bertz CT molecular complexity index is 1680. The molecular formula is C46H57SiZr. The summed E-state index contributed by atoms with van der Waals surface area (Å²) < 4.78 is 1.36. The van der Waals surface area contributed by atoms with Crippen LogP contribution in [0.4, 0.5) is 0 Å². The van der Waals surface area contributed by atoms with Crippen LogP contribution in [0.3, 0.4) is 0 Å². The Balaban J connectivity index is 1.52. The van der Waals surface area contributed by atoms with Crippen molar-refractivity contribution in [1.82, 2.24) is 0 Å². The molecule has 0 fully saturated rings. The van der Waals surface area contributed by atoms with E-state index in [2.05, 4.69) is 152 Å². The molecule has 4 aromatic carbocycles. The average molecular weight is 729 g/mol. The van der Waals surface area contributed by atoms with E-state index in [1.165, 1.54) is 71.9 Å². The maximum absolute atomic E-state index is 2.72. The van der Waals surface area contributed by atoms with Crippen molar-refractivity contribution in [2.24, 2.45) is 0 Å². The molecule has 2 heteroatoms. The predicted molar refractivity (Wildman–Crippen MR) is 211 cm³/mol. The fourth-order valence-electron chi connectivity index (χ4n) is 8.81. The maximum atomic E-state index is 2.72. The van der Waals surface area contributed by atoms with Gasteiger partial charge in [0.05, 0.1) is 0 Å². The van der Waals surface area contributed by atoms with Crippen molar-refractivity contribution in [3.8, 4) is 22.3 Å². The minimum absolute atomic E-state index is 0.554. The van der Waals surface area contributed by atoms with Crippen LogP contribution in [0.25, 0.3) is 34.4 Å². The van der Waals surface area contributed by atoms with E-state index in [1.807, 2.05) is 0 Å². The molecule has 4 atom stereocenters. The molecule has 249 valence electrons. The van der Waals surface area contributed by atoms with Crippen molar-refractivity contribution in [2.75, 3.05) is 0 Å². The summed E-state index contributed by atoms with van der Waals surface area (Å²) >= 11 is -2.20. The summed E-state index contributed by atoms with van der Waals surface area (Å²) in [6, 6.07) is 33.2. The molecule has 4 aromatic rings. The van der Waals surface area contributed by atoms with Crippen LogP contribution >= 0.6 is 0 Å². The van der Waals surface area contributed by atoms with E-state index in [0.717, 1.165) is 0 Å². The van der Waals surface area contributed by atoms with E-state index >= 15 is 0 Å². The van der Waals surface area contributed by atoms with Gasteiger partial charge >= 0.3 is 303 Å². The molecule has 0 bridgehead atoms. The molecule has 0 nitrogen and oxygen atoms in total. The van der Waals surface area contributed by atoms with Gasteiger partial charge in [0.15, 0.2) is 0 Å². The summed E-state index contributed by atoms with van der Waals surface area (Å²) in [5, 5.41) is 0. The van der Waals surface area contributed by atoms with Gasteiger partial charge in [-0.25, -0.2) is 0 Å². The molecule has 48 heavy (non-hydrogen) atoms. The molecule has 0 spiro atoms. The Morgan fingerprint density at radius 3 is 1.31 bits per heavy atom. The van der Waals surface area contributed by atoms with Gasteiger partial charge in [-0.2, -0.15) is 0 Å². The Morgan fingerprint density at radius 2 is 0.938 bits per heavy atom. The molecule has 2 aliphatic carbocycles. The molecule has 0 aliphatic heterocycles. The Kier molecular flexibility index (Phi) is 11.4. The number of hydrogen-bond donors (Lipinski definition) is 0. The molecule has 0 amide bonds. The fourth-order valence-corrected chi connectivity index (χ4v) is 31.7. The van der Waals surface area contributed by atoms with Gasteiger partial charge in [0.1, 0.15) is 0 Å². The Morgan fingerprint density at radius 1 is 0.542 bits per heavy atom. The number of allylic oxidation sites excluding steroid dienone is 2. The molecule has 6 rings (SSSR count). The summed E-state index contributed by atoms with van der Waals surface area (Å²) in [6.07, 6.45) is 12.6. The predicted octanol–water partition coefficient (Wildman–Crippen LogP) is 13.8. The van der Waals surface area contributed by atoms with Crippen molar-refractivity contribution < 1.29 is 20.9 Å². The number of benzene rings is 4. The van der Waals surface area contributed by atoms with E-state index in [1.54, 1.807) is 33.4 Å². The van der Waals surface area contributed by atoms with Gasteiger partial charge in [-0.15, -0.1) is 0 Å². The van der Waals surface area contributed by atoms with Gasteiger partial charge in [0.25, 0.3) is 0 Å². The van der Waals surface area contributed by atoms with Crippen LogP contribution in [0.5, 0.6) is 0 Å². The molecular weight excluding hydrogens is 672 g/mol. The zero-order chi connectivity index (χ0) is 33.9. The zero-order valence-electron chi connectivity index (χ0n) is 30.9. The van der Waals surface area contributed by atoms with Crippen LogP contribution < -0.4 is 0 Å². The molecule has 0 heterocycles. The molecule has 2 aliphatic rings. The fraction of sp³-hybridized carbons (Fsp3) is 0.391. The molecule has 0 N–H and O–H groups in total. The van der Waals surface area contributed by atoms with E-state index in [9.17, 15) is 0 Å². The van der Waals surface area contributed by atoms with Crippen molar-refractivity contribution in [1.29, 1.82) is 0 Å². The molecule has 0 saturated heterocycles. The molecule has 0 aromatic heterocycles. The van der Waals surface area contributed by atoms with Gasteiger partial charge in [0, 0.05) is 0 Å². The van der Waals surface area contributed by atoms with Gasteiger partial charge < -0.3 is 0 Å². The summed E-state index contributed by atoms with van der Waals surface area (Å²) in [5.74, 6) is 0.146. The summed E-state index contributed by atoms with van der Waals surface area (Å²) in [6.45, 7) is 19.7. The van der Waals surface area contributed by atoms with E-state index < -0.39 is 26.8 Å². The summed E-state index contributed by atoms with van der Waals surface area (Å²) in [5.41, 5.74) is 18.8. The van der Waals surface area contributed by atoms with Gasteiger partial charge in [-0.05, 0) is 0 Å². The van der Waals surface area contributed by atoms with Crippen molar-refractivity contribution in [3.05, 3.63) is 129 Å². The number of hydrogen-bond acceptors (Lipinski definition) is 0. The van der Waals surface area contributed by atoms with Gasteiger partial charge in [-0.3, -0.25) is 0 Å². The van der Waals surface area contributed by atoms with Crippen molar-refractivity contribution >= 4 is 18.1 Å². The van der Waals surface area contributed by atoms with Crippen molar-refractivity contribution in [2.45, 2.75) is 112 Å². The number of fused-ring (bicyclic) bond motifs is 2. The first-order valence-corrected chi connectivity index (χ1v) is 29.0. The van der Waals surface area contributed by atoms with Crippen LogP contribution in [0.2, 0.25) is 13.1 Å². The first kappa shape index (κ1) is 35.3. The topological polar surface area (TPSA) is 0 Å². The van der Waals surface area contributed by atoms with Crippen molar-refractivity contribution in [3.63, 3.8) is 0 Å². The quantitative estimate of drug-likeness (QED) is 0.120. The van der Waals surface area contributed by atoms with Crippen LogP contribution in [0.1, 0.15) is 133 Å². The summed E-state index contributed by atoms with van der Waals surface area (Å²) in [4.78, 5) is 0. The molecule has 0 radical (unpaired) electrons. The minimum atomic E-state index is -2.20. The van der Waals surface area contributed by atoms with Gasteiger partial charge in [-0.1, -0.05) is 0 Å². The zero-order valence-corrected chi connectivity index (χ0v) is 34.5.